The monoisotopic (exact) mass is 328 g/mol. The van der Waals surface area contributed by atoms with Crippen molar-refractivity contribution < 1.29 is 14.3 Å². The second-order valence-electron chi connectivity index (χ2n) is 5.55. The van der Waals surface area contributed by atoms with Crippen LogP contribution in [-0.2, 0) is 0 Å². The Bertz CT molecular complexity index is 736. The Morgan fingerprint density at radius 2 is 2.00 bits per heavy atom. The van der Waals surface area contributed by atoms with Gasteiger partial charge in [0, 0.05) is 23.9 Å². The molecule has 126 valence electrons. The summed E-state index contributed by atoms with van der Waals surface area (Å²) in [6, 6.07) is 7.20. The molecule has 0 bridgehead atoms. The number of fused-ring (bicyclic) bond motifs is 1. The summed E-state index contributed by atoms with van der Waals surface area (Å²) in [5.74, 6) is 1.63. The van der Waals surface area contributed by atoms with Crippen molar-refractivity contribution in [2.45, 2.75) is 26.3 Å². The van der Waals surface area contributed by atoms with Crippen molar-refractivity contribution in [2.75, 3.05) is 23.8 Å². The van der Waals surface area contributed by atoms with E-state index in [2.05, 4.69) is 34.4 Å². The molecule has 3 rings (SSSR count). The lowest BCUT2D eigenvalue weighted by Crippen LogP contribution is -2.18. The number of amides is 1. The molecule has 1 atom stereocenters. The van der Waals surface area contributed by atoms with E-state index < -0.39 is 0 Å². The molecule has 0 saturated carbocycles. The second-order valence-corrected chi connectivity index (χ2v) is 5.55. The van der Waals surface area contributed by atoms with E-state index in [0.29, 0.717) is 41.9 Å². The highest BCUT2D eigenvalue weighted by molar-refractivity contribution is 6.03. The van der Waals surface area contributed by atoms with E-state index >= 15 is 0 Å². The van der Waals surface area contributed by atoms with Crippen molar-refractivity contribution in [3.8, 4) is 11.5 Å². The number of benzene rings is 1. The van der Waals surface area contributed by atoms with E-state index in [0.717, 1.165) is 6.42 Å². The topological polar surface area (TPSA) is 85.4 Å². The lowest BCUT2D eigenvalue weighted by molar-refractivity contribution is 0.102. The lowest BCUT2D eigenvalue weighted by Gasteiger charge is -2.19. The molecule has 1 aromatic heterocycles. The van der Waals surface area contributed by atoms with Gasteiger partial charge in [-0.2, -0.15) is 0 Å². The molecule has 1 unspecified atom stereocenters. The molecule has 7 heteroatoms. The predicted molar refractivity (Wildman–Crippen MR) is 90.8 cm³/mol. The molecule has 2 aromatic rings. The highest BCUT2D eigenvalue weighted by atomic mass is 16.6. The maximum Gasteiger partial charge on any atom is 0.274 e. The van der Waals surface area contributed by atoms with Crippen LogP contribution < -0.4 is 20.1 Å². The summed E-state index contributed by atoms with van der Waals surface area (Å²) in [7, 11) is 0. The number of carbonyl (C=O) groups is 1. The molecule has 7 nitrogen and oxygen atoms in total. The van der Waals surface area contributed by atoms with Gasteiger partial charge >= 0.3 is 0 Å². The maximum atomic E-state index is 12.4. The molecule has 1 aliphatic heterocycles. The van der Waals surface area contributed by atoms with Crippen LogP contribution in [0.4, 0.5) is 11.5 Å². The minimum atomic E-state index is -0.304. The first-order valence-corrected chi connectivity index (χ1v) is 7.95. The van der Waals surface area contributed by atoms with Crippen LogP contribution in [0.15, 0.2) is 30.6 Å². The van der Waals surface area contributed by atoms with Gasteiger partial charge in [0.2, 0.25) is 0 Å². The van der Waals surface area contributed by atoms with Gasteiger partial charge < -0.3 is 20.1 Å². The molecular weight excluding hydrogens is 308 g/mol. The average molecular weight is 328 g/mol. The molecule has 24 heavy (non-hydrogen) atoms. The van der Waals surface area contributed by atoms with Crippen LogP contribution in [0.1, 0.15) is 30.8 Å². The maximum absolute atomic E-state index is 12.4. The highest BCUT2D eigenvalue weighted by Crippen LogP contribution is 2.32. The van der Waals surface area contributed by atoms with Gasteiger partial charge in [-0.3, -0.25) is 4.79 Å². The molecular formula is C17H20N4O3. The van der Waals surface area contributed by atoms with E-state index in [-0.39, 0.29) is 11.9 Å². The first-order chi connectivity index (χ1) is 11.7. The number of carbonyl (C=O) groups excluding carboxylic acids is 1. The summed E-state index contributed by atoms with van der Waals surface area (Å²) < 4.78 is 11.0. The molecule has 0 spiro atoms. The van der Waals surface area contributed by atoms with Crippen molar-refractivity contribution in [2.24, 2.45) is 0 Å². The minimum Gasteiger partial charge on any atom is -0.486 e. The highest BCUT2D eigenvalue weighted by Gasteiger charge is 2.14. The van der Waals surface area contributed by atoms with Crippen molar-refractivity contribution in [1.82, 2.24) is 9.97 Å². The Balaban J connectivity index is 1.72. The standard InChI is InChI=1S/C17H20N4O3/c1-3-11(2)20-16-9-13(18-10-19-16)17(22)21-12-4-5-14-15(8-12)24-7-6-23-14/h4-5,8-11H,3,6-7H2,1-2H3,(H,21,22)(H,18,19,20). The van der Waals surface area contributed by atoms with Crippen LogP contribution in [0.2, 0.25) is 0 Å². The zero-order valence-corrected chi connectivity index (χ0v) is 13.7. The summed E-state index contributed by atoms with van der Waals surface area (Å²) >= 11 is 0. The van der Waals surface area contributed by atoms with Crippen molar-refractivity contribution in [3.05, 3.63) is 36.3 Å². The van der Waals surface area contributed by atoms with Gasteiger partial charge in [0.1, 0.15) is 31.1 Å². The molecule has 1 amide bonds. The third kappa shape index (κ3) is 3.73. The molecule has 0 radical (unpaired) electrons. The van der Waals surface area contributed by atoms with Gasteiger partial charge in [-0.05, 0) is 25.5 Å². The Morgan fingerprint density at radius 1 is 1.21 bits per heavy atom. The van der Waals surface area contributed by atoms with Crippen molar-refractivity contribution in [1.29, 1.82) is 0 Å². The van der Waals surface area contributed by atoms with Crippen LogP contribution in [0, 0.1) is 0 Å². The number of aromatic nitrogens is 2. The fourth-order valence-corrected chi connectivity index (χ4v) is 2.23. The van der Waals surface area contributed by atoms with E-state index in [1.165, 1.54) is 6.33 Å². The number of anilines is 2. The average Bonchev–Trinajstić information content (AvgIpc) is 2.61. The van der Waals surface area contributed by atoms with Crippen LogP contribution >= 0.6 is 0 Å². The van der Waals surface area contributed by atoms with E-state index in [1.54, 1.807) is 24.3 Å². The molecule has 2 N–H and O–H groups in total. The Labute approximate surface area is 140 Å². The van der Waals surface area contributed by atoms with Crippen molar-refractivity contribution in [3.63, 3.8) is 0 Å². The van der Waals surface area contributed by atoms with Crippen LogP contribution in [0.25, 0.3) is 0 Å². The Kier molecular flexibility index (Phi) is 4.79. The summed E-state index contributed by atoms with van der Waals surface area (Å²) in [5, 5.41) is 6.03. The number of hydrogen-bond acceptors (Lipinski definition) is 6. The van der Waals surface area contributed by atoms with Crippen LogP contribution in [-0.4, -0.2) is 35.1 Å². The Hall–Kier alpha value is -2.83. The van der Waals surface area contributed by atoms with Gasteiger partial charge in [0.15, 0.2) is 11.5 Å². The van der Waals surface area contributed by atoms with E-state index in [4.69, 9.17) is 9.47 Å². The van der Waals surface area contributed by atoms with E-state index in [9.17, 15) is 4.79 Å². The quantitative estimate of drug-likeness (QED) is 0.878. The number of rotatable bonds is 5. The third-order valence-electron chi connectivity index (χ3n) is 3.71. The molecule has 0 aliphatic carbocycles. The van der Waals surface area contributed by atoms with Gasteiger partial charge in [-0.1, -0.05) is 6.92 Å². The smallest absolute Gasteiger partial charge is 0.274 e. The summed E-state index contributed by atoms with van der Waals surface area (Å²) in [5.41, 5.74) is 0.921. The molecule has 0 saturated heterocycles. The predicted octanol–water partition coefficient (Wildman–Crippen LogP) is 2.71. The van der Waals surface area contributed by atoms with Crippen LogP contribution in [0.3, 0.4) is 0 Å². The zero-order chi connectivity index (χ0) is 16.9. The third-order valence-corrected chi connectivity index (χ3v) is 3.71. The van der Waals surface area contributed by atoms with Crippen LogP contribution in [0.5, 0.6) is 11.5 Å². The van der Waals surface area contributed by atoms with Crippen molar-refractivity contribution >= 4 is 17.4 Å². The Morgan fingerprint density at radius 3 is 2.79 bits per heavy atom. The summed E-state index contributed by atoms with van der Waals surface area (Å²) in [6.07, 6.45) is 2.34. The molecule has 0 fully saturated rings. The normalized spacial score (nSPS) is 13.9. The minimum absolute atomic E-state index is 0.272. The number of nitrogens with one attached hydrogen (secondary N) is 2. The number of nitrogens with zero attached hydrogens (tertiary/aromatic N) is 2. The SMILES string of the molecule is CCC(C)Nc1cc(C(=O)Nc2ccc3c(c2)OCCO3)ncn1. The van der Waals surface area contributed by atoms with E-state index in [1.807, 2.05) is 0 Å². The first-order valence-electron chi connectivity index (χ1n) is 7.95. The number of hydrogen-bond donors (Lipinski definition) is 2. The zero-order valence-electron chi connectivity index (χ0n) is 13.7. The summed E-state index contributed by atoms with van der Waals surface area (Å²) in [4.78, 5) is 20.6. The first kappa shape index (κ1) is 16.0. The number of ether oxygens (including phenoxy) is 2. The second kappa shape index (κ2) is 7.16. The molecule has 1 aromatic carbocycles. The van der Waals surface area contributed by atoms with Gasteiger partial charge in [0.25, 0.3) is 5.91 Å². The fourth-order valence-electron chi connectivity index (χ4n) is 2.23. The van der Waals surface area contributed by atoms with Gasteiger partial charge in [-0.25, -0.2) is 9.97 Å². The summed E-state index contributed by atoms with van der Waals surface area (Å²) in [6.45, 7) is 5.16. The molecule has 1 aliphatic rings. The molecule has 2 heterocycles. The lowest BCUT2D eigenvalue weighted by atomic mass is 10.2. The van der Waals surface area contributed by atoms with Gasteiger partial charge in [0.05, 0.1) is 0 Å². The largest absolute Gasteiger partial charge is 0.486 e. The van der Waals surface area contributed by atoms with Gasteiger partial charge in [-0.15, -0.1) is 0 Å². The fraction of sp³-hybridized carbons (Fsp3) is 0.353.